The fourth-order valence-electron chi connectivity index (χ4n) is 1.88. The summed E-state index contributed by atoms with van der Waals surface area (Å²) in [6.07, 6.45) is 2.91. The minimum absolute atomic E-state index is 0.0374. The van der Waals surface area contributed by atoms with Gasteiger partial charge in [-0.05, 0) is 74.9 Å². The van der Waals surface area contributed by atoms with Gasteiger partial charge < -0.3 is 4.42 Å². The largest absolute Gasteiger partial charge is 0.464 e. The summed E-state index contributed by atoms with van der Waals surface area (Å²) < 4.78 is 7.00. The van der Waals surface area contributed by atoms with Crippen LogP contribution in [0, 0.1) is 3.57 Å². The number of amides is 2. The molecule has 7 heteroatoms. The van der Waals surface area contributed by atoms with E-state index in [0.717, 1.165) is 8.04 Å². The Balaban J connectivity index is 1.92. The Morgan fingerprint density at radius 2 is 1.95 bits per heavy atom. The normalized spacial score (nSPS) is 16.7. The maximum absolute atomic E-state index is 12.3. The van der Waals surface area contributed by atoms with Gasteiger partial charge in [0.05, 0.1) is 10.2 Å². The Kier molecular flexibility index (Phi) is 3.85. The first-order valence-electron chi connectivity index (χ1n) is 5.91. The predicted molar refractivity (Wildman–Crippen MR) is 89.2 cm³/mol. The average Bonchev–Trinajstić information content (AvgIpc) is 2.98. The van der Waals surface area contributed by atoms with Crippen molar-refractivity contribution in [3.05, 3.63) is 56.0 Å². The Hall–Kier alpha value is -1.61. The summed E-state index contributed by atoms with van der Waals surface area (Å²) in [7, 11) is 0. The number of benzene rings is 1. The van der Waals surface area contributed by atoms with E-state index in [1.807, 2.05) is 12.1 Å². The van der Waals surface area contributed by atoms with E-state index in [1.165, 1.54) is 17.3 Å². The van der Waals surface area contributed by atoms with Crippen LogP contribution < -0.4 is 10.4 Å². The van der Waals surface area contributed by atoms with E-state index in [2.05, 4.69) is 43.9 Å². The molecule has 2 aromatic rings. The van der Waals surface area contributed by atoms with Gasteiger partial charge in [0, 0.05) is 3.57 Å². The summed E-state index contributed by atoms with van der Waals surface area (Å²) in [6.45, 7) is 0. The van der Waals surface area contributed by atoms with Gasteiger partial charge in [-0.2, -0.15) is 0 Å². The average molecular weight is 459 g/mol. The molecule has 2 amide bonds. The molecule has 2 heterocycles. The molecule has 1 aromatic carbocycles. The molecule has 0 spiro atoms. The molecular formula is C14H8BrIN2O3. The molecule has 21 heavy (non-hydrogen) atoms. The molecule has 106 valence electrons. The van der Waals surface area contributed by atoms with E-state index >= 15 is 0 Å². The highest BCUT2D eigenvalue weighted by Crippen LogP contribution is 2.23. The third-order valence-electron chi connectivity index (χ3n) is 2.85. The van der Waals surface area contributed by atoms with Crippen LogP contribution in [0.25, 0.3) is 6.08 Å². The van der Waals surface area contributed by atoms with E-state index in [1.54, 1.807) is 18.2 Å². The molecule has 1 aromatic heterocycles. The maximum atomic E-state index is 12.3. The highest BCUT2D eigenvalue weighted by atomic mass is 127. The molecule has 0 bridgehead atoms. The summed E-state index contributed by atoms with van der Waals surface area (Å²) in [5.41, 5.74) is 3.18. The minimum atomic E-state index is -0.453. The first-order chi connectivity index (χ1) is 10.0. The Labute approximate surface area is 142 Å². The molecule has 0 aliphatic carbocycles. The van der Waals surface area contributed by atoms with Crippen molar-refractivity contribution in [3.63, 3.8) is 0 Å². The second-order valence-electron chi connectivity index (χ2n) is 4.28. The van der Waals surface area contributed by atoms with Crippen LogP contribution in [0.1, 0.15) is 5.76 Å². The van der Waals surface area contributed by atoms with Crippen molar-refractivity contribution < 1.29 is 14.0 Å². The number of furan rings is 1. The van der Waals surface area contributed by atoms with Crippen LogP contribution in [-0.2, 0) is 9.59 Å². The molecule has 1 saturated heterocycles. The lowest BCUT2D eigenvalue weighted by Crippen LogP contribution is -2.35. The topological polar surface area (TPSA) is 62.6 Å². The minimum Gasteiger partial charge on any atom is -0.464 e. The summed E-state index contributed by atoms with van der Waals surface area (Å²) in [5, 5.41) is 1.22. The van der Waals surface area contributed by atoms with Gasteiger partial charge in [0.2, 0.25) is 0 Å². The Morgan fingerprint density at radius 1 is 1.24 bits per heavy atom. The lowest BCUT2D eigenvalue weighted by molar-refractivity contribution is -0.117. The van der Waals surface area contributed by atoms with Gasteiger partial charge in [-0.3, -0.25) is 15.0 Å². The molecule has 1 aliphatic rings. The first kappa shape index (κ1) is 14.3. The molecular weight excluding hydrogens is 451 g/mol. The van der Waals surface area contributed by atoms with Crippen LogP contribution in [0.4, 0.5) is 5.69 Å². The fourth-order valence-corrected chi connectivity index (χ4v) is 2.55. The summed E-state index contributed by atoms with van der Waals surface area (Å²) in [4.78, 5) is 24.3. The monoisotopic (exact) mass is 458 g/mol. The van der Waals surface area contributed by atoms with Crippen LogP contribution in [0.15, 0.2) is 51.1 Å². The lowest BCUT2D eigenvalue weighted by atomic mass is 10.2. The smallest absolute Gasteiger partial charge is 0.282 e. The van der Waals surface area contributed by atoms with Crippen molar-refractivity contribution in [2.75, 3.05) is 5.01 Å². The molecule has 1 aliphatic heterocycles. The summed E-state index contributed by atoms with van der Waals surface area (Å²) >= 11 is 5.42. The molecule has 0 atom stereocenters. The van der Waals surface area contributed by atoms with E-state index in [4.69, 9.17) is 4.42 Å². The summed E-state index contributed by atoms with van der Waals surface area (Å²) in [5.74, 6) is -0.426. The first-order valence-corrected chi connectivity index (χ1v) is 7.78. The third-order valence-corrected chi connectivity index (χ3v) is 3.99. The number of halogens is 2. The second-order valence-corrected chi connectivity index (χ2v) is 6.44. The van der Waals surface area contributed by atoms with Crippen molar-refractivity contribution in [1.82, 2.24) is 5.43 Å². The predicted octanol–water partition coefficient (Wildman–Crippen LogP) is 3.11. The van der Waals surface area contributed by atoms with Crippen molar-refractivity contribution in [1.29, 1.82) is 0 Å². The summed E-state index contributed by atoms with van der Waals surface area (Å²) in [6, 6.07) is 8.95. The van der Waals surface area contributed by atoms with Crippen molar-refractivity contribution in [3.8, 4) is 0 Å². The number of hydrogen-bond acceptors (Lipinski definition) is 3. The molecule has 3 rings (SSSR count). The highest BCUT2D eigenvalue weighted by molar-refractivity contribution is 14.1. The van der Waals surface area contributed by atoms with Crippen LogP contribution in [-0.4, -0.2) is 11.8 Å². The van der Waals surface area contributed by atoms with Gasteiger partial charge in [-0.15, -0.1) is 0 Å². The number of carbonyl (C=O) groups is 2. The van der Waals surface area contributed by atoms with Crippen LogP contribution in [0.2, 0.25) is 0 Å². The van der Waals surface area contributed by atoms with E-state index < -0.39 is 11.8 Å². The van der Waals surface area contributed by atoms with E-state index in [9.17, 15) is 9.59 Å². The quantitative estimate of drug-likeness (QED) is 0.427. The molecule has 1 N–H and O–H groups in total. The Bertz CT molecular complexity index is 752. The van der Waals surface area contributed by atoms with Crippen molar-refractivity contribution >= 4 is 62.1 Å². The van der Waals surface area contributed by atoms with Crippen molar-refractivity contribution in [2.45, 2.75) is 0 Å². The molecule has 0 saturated carbocycles. The zero-order valence-electron chi connectivity index (χ0n) is 10.5. The molecule has 0 radical (unpaired) electrons. The van der Waals surface area contributed by atoms with E-state index in [0.29, 0.717) is 11.4 Å². The van der Waals surface area contributed by atoms with Gasteiger partial charge in [-0.25, -0.2) is 5.01 Å². The van der Waals surface area contributed by atoms with Crippen LogP contribution in [0.5, 0.6) is 0 Å². The Morgan fingerprint density at radius 3 is 2.57 bits per heavy atom. The van der Waals surface area contributed by atoms with Gasteiger partial charge in [0.1, 0.15) is 17.6 Å². The number of rotatable bonds is 2. The second kappa shape index (κ2) is 5.64. The number of hydrogen-bond donors (Lipinski definition) is 1. The van der Waals surface area contributed by atoms with Gasteiger partial charge in [0.15, 0.2) is 0 Å². The number of nitrogens with zero attached hydrogens (tertiary/aromatic N) is 1. The SMILES string of the molecule is O=C1NN(c2ccc(I)cc2)C(=O)/C1=C\c1cc(Br)co1. The molecule has 1 fully saturated rings. The van der Waals surface area contributed by atoms with Crippen molar-refractivity contribution in [2.24, 2.45) is 0 Å². The zero-order chi connectivity index (χ0) is 15.0. The fraction of sp³-hybridized carbons (Fsp3) is 0. The third kappa shape index (κ3) is 2.88. The highest BCUT2D eigenvalue weighted by Gasteiger charge is 2.34. The van der Waals surface area contributed by atoms with Crippen LogP contribution >= 0.6 is 38.5 Å². The van der Waals surface area contributed by atoms with Gasteiger partial charge in [0.25, 0.3) is 11.8 Å². The van der Waals surface area contributed by atoms with E-state index in [-0.39, 0.29) is 5.57 Å². The van der Waals surface area contributed by atoms with Crippen LogP contribution in [0.3, 0.4) is 0 Å². The molecule has 0 unspecified atom stereocenters. The van der Waals surface area contributed by atoms with Gasteiger partial charge in [-0.1, -0.05) is 0 Å². The number of nitrogens with one attached hydrogen (secondary N) is 1. The van der Waals surface area contributed by atoms with Gasteiger partial charge >= 0.3 is 0 Å². The zero-order valence-corrected chi connectivity index (χ0v) is 14.2. The number of anilines is 1. The maximum Gasteiger partial charge on any atom is 0.282 e. The molecule has 5 nitrogen and oxygen atoms in total. The lowest BCUT2D eigenvalue weighted by Gasteiger charge is -2.14. The standard InChI is InChI=1S/C14H8BrIN2O3/c15-8-5-11(21-7-8)6-12-13(19)17-18(14(12)20)10-3-1-9(16)2-4-10/h1-7H,(H,17,19)/b12-6-. The number of hydrazine groups is 1. The number of carbonyl (C=O) groups excluding carboxylic acids is 2.